The minimum Gasteiger partial charge on any atom is -0.326 e. The molecule has 5 nitrogen and oxygen atoms in total. The fourth-order valence-corrected chi connectivity index (χ4v) is 3.64. The second kappa shape index (κ2) is 9.68. The van der Waals surface area contributed by atoms with Gasteiger partial charge in [0.2, 0.25) is 0 Å². The van der Waals surface area contributed by atoms with E-state index in [9.17, 15) is 14.4 Å². The number of nitrogens with zero attached hydrogens (tertiary/aromatic N) is 1. The number of hydroxylamine groups is 2. The number of rotatable bonds is 6. The summed E-state index contributed by atoms with van der Waals surface area (Å²) in [6, 6.07) is 0. The smallest absolute Gasteiger partial charge is 0.326 e. The van der Waals surface area contributed by atoms with Gasteiger partial charge in [-0.15, -0.1) is 5.06 Å². The monoisotopic (exact) mass is 397 g/mol. The van der Waals surface area contributed by atoms with Crippen molar-refractivity contribution in [3.8, 4) is 0 Å². The molecule has 0 aromatic heterocycles. The van der Waals surface area contributed by atoms with Gasteiger partial charge >= 0.3 is 5.97 Å². The SMILES string of the molecule is CC(C=C/C=C(/C)C=CC1=C(C)CCCC1(C)C)=CC(=O)ON1C(=O)CCC1=O. The van der Waals surface area contributed by atoms with E-state index in [1.807, 2.05) is 19.1 Å². The van der Waals surface area contributed by atoms with E-state index in [4.69, 9.17) is 4.84 Å². The number of carbonyl (C=O) groups excluding carboxylic acids is 3. The van der Waals surface area contributed by atoms with E-state index in [-0.39, 0.29) is 18.3 Å². The van der Waals surface area contributed by atoms with Crippen molar-refractivity contribution in [1.82, 2.24) is 5.06 Å². The van der Waals surface area contributed by atoms with Crippen LogP contribution < -0.4 is 0 Å². The summed E-state index contributed by atoms with van der Waals surface area (Å²) < 4.78 is 0. The van der Waals surface area contributed by atoms with Gasteiger partial charge in [0.25, 0.3) is 11.8 Å². The third-order valence-electron chi connectivity index (χ3n) is 5.31. The summed E-state index contributed by atoms with van der Waals surface area (Å²) in [4.78, 5) is 39.6. The third kappa shape index (κ3) is 6.41. The molecule has 5 heteroatoms. The molecule has 0 N–H and O–H groups in total. The Morgan fingerprint density at radius 1 is 1.03 bits per heavy atom. The van der Waals surface area contributed by atoms with Gasteiger partial charge in [-0.3, -0.25) is 9.59 Å². The van der Waals surface area contributed by atoms with E-state index in [1.54, 1.807) is 13.0 Å². The molecule has 2 rings (SSSR count). The molecule has 2 amide bonds. The summed E-state index contributed by atoms with van der Waals surface area (Å²) in [5, 5.41) is 0.550. The fraction of sp³-hybridized carbons (Fsp3) is 0.458. The van der Waals surface area contributed by atoms with Crippen LogP contribution in [0.15, 0.2) is 58.7 Å². The lowest BCUT2D eigenvalue weighted by molar-refractivity contribution is -0.193. The lowest BCUT2D eigenvalue weighted by Gasteiger charge is -2.32. The van der Waals surface area contributed by atoms with E-state index in [0.29, 0.717) is 10.6 Å². The summed E-state index contributed by atoms with van der Waals surface area (Å²) in [6.45, 7) is 10.6. The molecule has 0 radical (unpaired) electrons. The molecule has 1 aliphatic heterocycles. The molecular formula is C24H31NO4. The van der Waals surface area contributed by atoms with Gasteiger partial charge in [0.1, 0.15) is 0 Å². The van der Waals surface area contributed by atoms with E-state index >= 15 is 0 Å². The van der Waals surface area contributed by atoms with Crippen LogP contribution in [0.1, 0.15) is 66.7 Å². The molecule has 2 aliphatic rings. The standard InChI is InChI=1S/C24H31NO4/c1-17(11-12-20-19(3)10-7-15-24(20,4)5)8-6-9-18(2)16-23(28)29-25-21(26)13-14-22(25)27/h6,8-9,11-12,16H,7,10,13-15H2,1-5H3/b9-6?,12-11?,17-8-,18-16?. The minimum absolute atomic E-state index is 0.0832. The van der Waals surface area contributed by atoms with Gasteiger partial charge in [-0.25, -0.2) is 4.79 Å². The zero-order chi connectivity index (χ0) is 21.6. The highest BCUT2D eigenvalue weighted by Gasteiger charge is 2.32. The lowest BCUT2D eigenvalue weighted by atomic mass is 9.72. The first-order valence-corrected chi connectivity index (χ1v) is 10.1. The van der Waals surface area contributed by atoms with Crippen molar-refractivity contribution in [3.63, 3.8) is 0 Å². The molecule has 0 atom stereocenters. The number of hydrogen-bond donors (Lipinski definition) is 0. The maximum atomic E-state index is 11.9. The Kier molecular flexibility index (Phi) is 7.54. The van der Waals surface area contributed by atoms with Crippen LogP contribution in [0.2, 0.25) is 0 Å². The van der Waals surface area contributed by atoms with Crippen molar-refractivity contribution in [2.45, 2.75) is 66.7 Å². The number of hydrogen-bond acceptors (Lipinski definition) is 4. The predicted molar refractivity (Wildman–Crippen MR) is 113 cm³/mol. The van der Waals surface area contributed by atoms with E-state index in [1.165, 1.54) is 36.5 Å². The number of carbonyl (C=O) groups is 3. The zero-order valence-corrected chi connectivity index (χ0v) is 18.1. The van der Waals surface area contributed by atoms with E-state index < -0.39 is 17.8 Å². The second-order valence-corrected chi connectivity index (χ2v) is 8.42. The molecule has 0 aromatic rings. The molecule has 0 aromatic carbocycles. The Morgan fingerprint density at radius 3 is 2.31 bits per heavy atom. The highest BCUT2D eigenvalue weighted by atomic mass is 16.7. The van der Waals surface area contributed by atoms with Crippen molar-refractivity contribution >= 4 is 17.8 Å². The molecule has 1 saturated heterocycles. The molecule has 1 fully saturated rings. The van der Waals surface area contributed by atoms with Gasteiger partial charge in [0, 0.05) is 18.9 Å². The van der Waals surface area contributed by atoms with E-state index in [2.05, 4.69) is 32.9 Å². The molecule has 0 unspecified atom stereocenters. The quantitative estimate of drug-likeness (QED) is 0.354. The molecular weight excluding hydrogens is 366 g/mol. The summed E-state index contributed by atoms with van der Waals surface area (Å²) in [5.74, 6) is -1.71. The third-order valence-corrected chi connectivity index (χ3v) is 5.31. The molecule has 1 heterocycles. The van der Waals surface area contributed by atoms with Crippen LogP contribution in [0.4, 0.5) is 0 Å². The second-order valence-electron chi connectivity index (χ2n) is 8.42. The number of allylic oxidation sites excluding steroid dienone is 9. The number of amides is 2. The Hall–Kier alpha value is -2.69. The first kappa shape index (κ1) is 22.6. The minimum atomic E-state index is -0.738. The fourth-order valence-electron chi connectivity index (χ4n) is 3.64. The van der Waals surface area contributed by atoms with Gasteiger partial charge in [0.15, 0.2) is 0 Å². The first-order valence-electron chi connectivity index (χ1n) is 10.1. The van der Waals surface area contributed by atoms with E-state index in [0.717, 1.165) is 5.57 Å². The van der Waals surface area contributed by atoms with Gasteiger partial charge in [-0.05, 0) is 56.6 Å². The summed E-state index contributed by atoms with van der Waals surface area (Å²) in [5.41, 5.74) is 4.87. The van der Waals surface area contributed by atoms with Crippen LogP contribution in [0, 0.1) is 5.41 Å². The number of imide groups is 1. The van der Waals surface area contributed by atoms with Gasteiger partial charge in [-0.2, -0.15) is 0 Å². The Bertz CT molecular complexity index is 821. The molecule has 0 saturated carbocycles. The summed E-state index contributed by atoms with van der Waals surface area (Å²) in [6.07, 6.45) is 15.0. The molecule has 156 valence electrons. The topological polar surface area (TPSA) is 63.7 Å². The van der Waals surface area contributed by atoms with Crippen LogP contribution in [0.25, 0.3) is 0 Å². The van der Waals surface area contributed by atoms with Crippen LogP contribution in [-0.2, 0) is 19.2 Å². The summed E-state index contributed by atoms with van der Waals surface area (Å²) in [7, 11) is 0. The summed E-state index contributed by atoms with van der Waals surface area (Å²) >= 11 is 0. The highest BCUT2D eigenvalue weighted by molar-refractivity contribution is 6.02. The largest absolute Gasteiger partial charge is 0.357 e. The Morgan fingerprint density at radius 2 is 1.69 bits per heavy atom. The van der Waals surface area contributed by atoms with Crippen LogP contribution in [0.3, 0.4) is 0 Å². The zero-order valence-electron chi connectivity index (χ0n) is 18.1. The van der Waals surface area contributed by atoms with Crippen LogP contribution >= 0.6 is 0 Å². The predicted octanol–water partition coefficient (Wildman–Crippen LogP) is 5.13. The van der Waals surface area contributed by atoms with Crippen LogP contribution in [-0.4, -0.2) is 22.8 Å². The molecule has 1 aliphatic carbocycles. The van der Waals surface area contributed by atoms with Crippen molar-refractivity contribution in [3.05, 3.63) is 58.7 Å². The maximum absolute atomic E-state index is 11.9. The van der Waals surface area contributed by atoms with Crippen molar-refractivity contribution in [2.24, 2.45) is 5.41 Å². The van der Waals surface area contributed by atoms with Gasteiger partial charge < -0.3 is 4.84 Å². The van der Waals surface area contributed by atoms with Crippen molar-refractivity contribution in [1.29, 1.82) is 0 Å². The first-order chi connectivity index (χ1) is 13.6. The Labute approximate surface area is 173 Å². The highest BCUT2D eigenvalue weighted by Crippen LogP contribution is 2.40. The normalized spacial score (nSPS) is 21.1. The average Bonchev–Trinajstić information content (AvgIpc) is 2.92. The molecule has 0 bridgehead atoms. The van der Waals surface area contributed by atoms with Gasteiger partial charge in [0.05, 0.1) is 0 Å². The van der Waals surface area contributed by atoms with Crippen molar-refractivity contribution < 1.29 is 19.2 Å². The van der Waals surface area contributed by atoms with Gasteiger partial charge in [-0.1, -0.05) is 55.4 Å². The maximum Gasteiger partial charge on any atom is 0.357 e. The van der Waals surface area contributed by atoms with Crippen molar-refractivity contribution in [2.75, 3.05) is 0 Å². The molecule has 29 heavy (non-hydrogen) atoms. The Balaban J connectivity index is 1.95. The lowest BCUT2D eigenvalue weighted by Crippen LogP contribution is -2.31. The average molecular weight is 398 g/mol. The molecule has 0 spiro atoms. The van der Waals surface area contributed by atoms with Crippen LogP contribution in [0.5, 0.6) is 0 Å².